The number of rotatable bonds is 3. The quantitative estimate of drug-likeness (QED) is 0.643. The average Bonchev–Trinajstić information content (AvgIpc) is 3.10. The number of likely N-dealkylation sites (tertiary alicyclic amines) is 1. The van der Waals surface area contributed by atoms with E-state index < -0.39 is 0 Å². The van der Waals surface area contributed by atoms with Crippen LogP contribution in [0.4, 0.5) is 0 Å². The van der Waals surface area contributed by atoms with Gasteiger partial charge in [0.05, 0.1) is 18.4 Å². The third-order valence-corrected chi connectivity index (χ3v) is 4.82. The Morgan fingerprint density at radius 3 is 2.33 bits per heavy atom. The summed E-state index contributed by atoms with van der Waals surface area (Å²) in [7, 11) is 0. The van der Waals surface area contributed by atoms with E-state index in [2.05, 4.69) is 4.98 Å². The van der Waals surface area contributed by atoms with E-state index in [1.165, 1.54) is 4.90 Å². The van der Waals surface area contributed by atoms with E-state index in [1.807, 2.05) is 49.4 Å². The molecule has 0 spiro atoms. The Kier molecular flexibility index (Phi) is 3.56. The van der Waals surface area contributed by atoms with Crippen LogP contribution in [-0.4, -0.2) is 21.7 Å². The molecular formula is C19H18N2O3. The molecule has 2 aromatic rings. The fourth-order valence-electron chi connectivity index (χ4n) is 3.45. The van der Waals surface area contributed by atoms with Crippen LogP contribution in [0.1, 0.15) is 24.3 Å². The summed E-state index contributed by atoms with van der Waals surface area (Å²) in [5.41, 5.74) is 1.52. The second-order valence-corrected chi connectivity index (χ2v) is 6.31. The van der Waals surface area contributed by atoms with Gasteiger partial charge in [-0.05, 0) is 31.9 Å². The summed E-state index contributed by atoms with van der Waals surface area (Å²) in [5.74, 6) is 0.575. The molecule has 24 heavy (non-hydrogen) atoms. The van der Waals surface area contributed by atoms with E-state index in [-0.39, 0.29) is 30.2 Å². The monoisotopic (exact) mass is 322 g/mol. The first-order valence-electron chi connectivity index (χ1n) is 8.17. The maximum Gasteiger partial charge on any atom is 0.233 e. The molecule has 122 valence electrons. The highest BCUT2D eigenvalue weighted by molar-refractivity contribution is 6.05. The fourth-order valence-corrected chi connectivity index (χ4v) is 3.45. The van der Waals surface area contributed by atoms with Crippen LogP contribution < -0.4 is 0 Å². The van der Waals surface area contributed by atoms with Crippen molar-refractivity contribution in [2.75, 3.05) is 0 Å². The largest absolute Gasteiger partial charge is 0.441 e. The van der Waals surface area contributed by atoms with E-state index >= 15 is 0 Å². The molecule has 1 aliphatic heterocycles. The van der Waals surface area contributed by atoms with Crippen molar-refractivity contribution in [1.82, 2.24) is 9.88 Å². The molecule has 5 heteroatoms. The number of fused-ring (bicyclic) bond motifs is 1. The van der Waals surface area contributed by atoms with E-state index in [9.17, 15) is 9.59 Å². The van der Waals surface area contributed by atoms with Crippen molar-refractivity contribution in [3.05, 3.63) is 53.9 Å². The highest BCUT2D eigenvalue weighted by atomic mass is 16.4. The average molecular weight is 322 g/mol. The Bertz CT molecular complexity index is 796. The molecule has 0 saturated carbocycles. The second kappa shape index (κ2) is 5.74. The lowest BCUT2D eigenvalue weighted by molar-refractivity contribution is -0.140. The molecular weight excluding hydrogens is 304 g/mol. The number of oxazole rings is 1. The van der Waals surface area contributed by atoms with Crippen molar-refractivity contribution in [3.63, 3.8) is 0 Å². The predicted molar refractivity (Wildman–Crippen MR) is 87.6 cm³/mol. The zero-order valence-electron chi connectivity index (χ0n) is 13.4. The molecule has 2 heterocycles. The van der Waals surface area contributed by atoms with Crippen LogP contribution >= 0.6 is 0 Å². The number of carbonyl (C=O) groups is 2. The Morgan fingerprint density at radius 2 is 1.71 bits per heavy atom. The second-order valence-electron chi connectivity index (χ2n) is 6.31. The summed E-state index contributed by atoms with van der Waals surface area (Å²) < 4.78 is 5.73. The maximum atomic E-state index is 12.6. The van der Waals surface area contributed by atoms with Crippen LogP contribution in [0, 0.1) is 18.8 Å². The summed E-state index contributed by atoms with van der Waals surface area (Å²) >= 11 is 0. The smallest absolute Gasteiger partial charge is 0.233 e. The van der Waals surface area contributed by atoms with E-state index in [4.69, 9.17) is 4.42 Å². The molecule has 1 aromatic heterocycles. The van der Waals surface area contributed by atoms with Crippen molar-refractivity contribution in [2.24, 2.45) is 11.8 Å². The SMILES string of the molecule is Cc1oc(-c2ccccc2)nc1CN1C(=O)C2CC=CCC2C1=O. The van der Waals surface area contributed by atoms with Crippen molar-refractivity contribution < 1.29 is 14.0 Å². The van der Waals surface area contributed by atoms with Gasteiger partial charge >= 0.3 is 0 Å². The minimum atomic E-state index is -0.205. The van der Waals surface area contributed by atoms with Crippen LogP contribution in [0.3, 0.4) is 0 Å². The first-order chi connectivity index (χ1) is 11.6. The molecule has 0 N–H and O–H groups in total. The van der Waals surface area contributed by atoms with Gasteiger partial charge in [-0.3, -0.25) is 14.5 Å². The molecule has 0 radical (unpaired) electrons. The first-order valence-corrected chi connectivity index (χ1v) is 8.17. The maximum absolute atomic E-state index is 12.6. The van der Waals surface area contributed by atoms with Crippen LogP contribution in [0.5, 0.6) is 0 Å². The zero-order chi connectivity index (χ0) is 16.7. The van der Waals surface area contributed by atoms with Crippen molar-refractivity contribution in [1.29, 1.82) is 0 Å². The molecule has 1 aromatic carbocycles. The molecule has 2 amide bonds. The normalized spacial score (nSPS) is 23.0. The topological polar surface area (TPSA) is 63.4 Å². The highest BCUT2D eigenvalue weighted by Gasteiger charge is 2.47. The van der Waals surface area contributed by atoms with Crippen LogP contribution in [-0.2, 0) is 16.1 Å². The number of aryl methyl sites for hydroxylation is 1. The zero-order valence-corrected chi connectivity index (χ0v) is 13.4. The van der Waals surface area contributed by atoms with Gasteiger partial charge < -0.3 is 4.42 Å². The van der Waals surface area contributed by atoms with Gasteiger partial charge in [0.1, 0.15) is 11.5 Å². The molecule has 1 aliphatic carbocycles. The summed E-state index contributed by atoms with van der Waals surface area (Å²) in [5, 5.41) is 0. The Morgan fingerprint density at radius 1 is 1.08 bits per heavy atom. The lowest BCUT2D eigenvalue weighted by Crippen LogP contribution is -2.30. The lowest BCUT2D eigenvalue weighted by Gasteiger charge is -2.14. The standard InChI is InChI=1S/C19H18N2O3/c1-12-16(20-17(24-12)13-7-3-2-4-8-13)11-21-18(22)14-9-5-6-10-15(14)19(21)23/h2-8,14-15H,9-11H2,1H3. The molecule has 1 fully saturated rings. The van der Waals surface area contributed by atoms with E-state index in [1.54, 1.807) is 0 Å². The highest BCUT2D eigenvalue weighted by Crippen LogP contribution is 2.36. The minimum Gasteiger partial charge on any atom is -0.441 e. The number of imide groups is 1. The number of allylic oxidation sites excluding steroid dienone is 2. The number of aromatic nitrogens is 1. The third kappa shape index (κ3) is 2.37. The molecule has 2 aliphatic rings. The molecule has 2 atom stereocenters. The molecule has 5 nitrogen and oxygen atoms in total. The van der Waals surface area contributed by atoms with E-state index in [0.29, 0.717) is 30.2 Å². The van der Waals surface area contributed by atoms with Gasteiger partial charge in [0, 0.05) is 5.56 Å². The van der Waals surface area contributed by atoms with Crippen molar-refractivity contribution in [3.8, 4) is 11.5 Å². The molecule has 0 bridgehead atoms. The number of carbonyl (C=O) groups excluding carboxylic acids is 2. The number of hydrogen-bond donors (Lipinski definition) is 0. The van der Waals surface area contributed by atoms with Gasteiger partial charge in [0.15, 0.2) is 0 Å². The number of benzene rings is 1. The van der Waals surface area contributed by atoms with Gasteiger partial charge in [-0.2, -0.15) is 0 Å². The van der Waals surface area contributed by atoms with Gasteiger partial charge in [0.2, 0.25) is 17.7 Å². The van der Waals surface area contributed by atoms with Gasteiger partial charge in [-0.15, -0.1) is 0 Å². The molecule has 4 rings (SSSR count). The third-order valence-electron chi connectivity index (χ3n) is 4.82. The summed E-state index contributed by atoms with van der Waals surface area (Å²) in [4.78, 5) is 31.0. The fraction of sp³-hybridized carbons (Fsp3) is 0.316. The van der Waals surface area contributed by atoms with Crippen molar-refractivity contribution >= 4 is 11.8 Å². The summed E-state index contributed by atoms with van der Waals surface area (Å²) in [6.07, 6.45) is 5.28. The van der Waals surface area contributed by atoms with Crippen molar-refractivity contribution in [2.45, 2.75) is 26.3 Å². The molecule has 1 saturated heterocycles. The first kappa shape index (κ1) is 14.9. The number of nitrogens with zero attached hydrogens (tertiary/aromatic N) is 2. The van der Waals surface area contributed by atoms with E-state index in [0.717, 1.165) is 5.56 Å². The predicted octanol–water partition coefficient (Wildman–Crippen LogP) is 3.10. The van der Waals surface area contributed by atoms with Gasteiger partial charge in [-0.25, -0.2) is 4.98 Å². The summed E-state index contributed by atoms with van der Waals surface area (Å²) in [6.45, 7) is 2.00. The lowest BCUT2D eigenvalue weighted by atomic mass is 9.85. The molecule has 2 unspecified atom stereocenters. The van der Waals surface area contributed by atoms with Crippen LogP contribution in [0.2, 0.25) is 0 Å². The van der Waals surface area contributed by atoms with Crippen LogP contribution in [0.15, 0.2) is 46.9 Å². The van der Waals surface area contributed by atoms with Crippen LogP contribution in [0.25, 0.3) is 11.5 Å². The minimum absolute atomic E-state index is 0.0852. The number of hydrogen-bond acceptors (Lipinski definition) is 4. The Labute approximate surface area is 140 Å². The van der Waals surface area contributed by atoms with Gasteiger partial charge in [0.25, 0.3) is 0 Å². The summed E-state index contributed by atoms with van der Waals surface area (Å²) in [6, 6.07) is 9.60. The number of amides is 2. The van der Waals surface area contributed by atoms with Gasteiger partial charge in [-0.1, -0.05) is 30.4 Å². The Hall–Kier alpha value is -2.69. The Balaban J connectivity index is 1.59.